The fraction of sp³-hybridized carbons (Fsp3) is 0.467. The lowest BCUT2D eigenvalue weighted by molar-refractivity contribution is -0.0337. The first-order valence-electron chi connectivity index (χ1n) is 7.08. The van der Waals surface area contributed by atoms with Crippen molar-refractivity contribution in [1.82, 2.24) is 14.8 Å². The molecule has 5 heteroatoms. The molecule has 1 aromatic carbocycles. The minimum atomic E-state index is 0.325. The van der Waals surface area contributed by atoms with E-state index in [-0.39, 0.29) is 0 Å². The number of nitrogens with one attached hydrogen (secondary N) is 1. The number of benzene rings is 1. The molecule has 0 spiro atoms. The van der Waals surface area contributed by atoms with Crippen LogP contribution in [0.1, 0.15) is 26.7 Å². The zero-order valence-electron chi connectivity index (χ0n) is 11.9. The third kappa shape index (κ3) is 2.99. The topological polar surface area (TPSA) is 52.0 Å². The van der Waals surface area contributed by atoms with E-state index in [2.05, 4.69) is 41.4 Å². The SMILES string of the molecule is CC1CC(Nc2ccc(-n3cncn3)cc2)CC(C)O1. The first-order valence-corrected chi connectivity index (χ1v) is 7.08. The van der Waals surface area contributed by atoms with Gasteiger partial charge in [-0.2, -0.15) is 5.10 Å². The quantitative estimate of drug-likeness (QED) is 0.933. The van der Waals surface area contributed by atoms with Gasteiger partial charge >= 0.3 is 0 Å². The van der Waals surface area contributed by atoms with Crippen LogP contribution >= 0.6 is 0 Å². The normalized spacial score (nSPS) is 26.4. The molecule has 2 atom stereocenters. The molecule has 2 unspecified atom stereocenters. The molecule has 0 bridgehead atoms. The Bertz CT molecular complexity index is 528. The van der Waals surface area contributed by atoms with Gasteiger partial charge < -0.3 is 10.1 Å². The molecule has 1 N–H and O–H groups in total. The van der Waals surface area contributed by atoms with E-state index in [1.165, 1.54) is 6.33 Å². The van der Waals surface area contributed by atoms with Gasteiger partial charge in [-0.15, -0.1) is 0 Å². The molecule has 1 aliphatic rings. The molecule has 0 radical (unpaired) electrons. The molecule has 3 rings (SSSR count). The molecule has 0 amide bonds. The Kier molecular flexibility index (Phi) is 3.69. The van der Waals surface area contributed by atoms with Crippen molar-refractivity contribution in [2.75, 3.05) is 5.32 Å². The van der Waals surface area contributed by atoms with Crippen LogP contribution in [0.15, 0.2) is 36.9 Å². The zero-order valence-corrected chi connectivity index (χ0v) is 11.9. The van der Waals surface area contributed by atoms with Gasteiger partial charge in [0.15, 0.2) is 0 Å². The van der Waals surface area contributed by atoms with Crippen LogP contribution in [0.25, 0.3) is 5.69 Å². The smallest absolute Gasteiger partial charge is 0.138 e. The van der Waals surface area contributed by atoms with Gasteiger partial charge in [-0.3, -0.25) is 0 Å². The highest BCUT2D eigenvalue weighted by Gasteiger charge is 2.24. The van der Waals surface area contributed by atoms with E-state index in [0.717, 1.165) is 24.2 Å². The lowest BCUT2D eigenvalue weighted by Crippen LogP contribution is -2.36. The Balaban J connectivity index is 1.66. The number of anilines is 1. The van der Waals surface area contributed by atoms with Gasteiger partial charge in [-0.05, 0) is 51.0 Å². The van der Waals surface area contributed by atoms with Crippen molar-refractivity contribution in [1.29, 1.82) is 0 Å². The predicted octanol–water partition coefficient (Wildman–Crippen LogP) is 2.64. The van der Waals surface area contributed by atoms with Crippen molar-refractivity contribution < 1.29 is 4.74 Å². The lowest BCUT2D eigenvalue weighted by Gasteiger charge is -2.33. The van der Waals surface area contributed by atoms with E-state index in [1.807, 2.05) is 12.1 Å². The largest absolute Gasteiger partial charge is 0.382 e. The maximum absolute atomic E-state index is 5.76. The van der Waals surface area contributed by atoms with E-state index < -0.39 is 0 Å². The summed E-state index contributed by atoms with van der Waals surface area (Å²) in [6.45, 7) is 4.27. The van der Waals surface area contributed by atoms with Crippen molar-refractivity contribution in [2.24, 2.45) is 0 Å². The Morgan fingerprint density at radius 3 is 2.45 bits per heavy atom. The molecule has 20 heavy (non-hydrogen) atoms. The minimum absolute atomic E-state index is 0.325. The van der Waals surface area contributed by atoms with Crippen LogP contribution in [-0.4, -0.2) is 33.0 Å². The monoisotopic (exact) mass is 272 g/mol. The van der Waals surface area contributed by atoms with Crippen LogP contribution in [-0.2, 0) is 4.74 Å². The summed E-state index contributed by atoms with van der Waals surface area (Å²) < 4.78 is 7.52. The Hall–Kier alpha value is -1.88. The summed E-state index contributed by atoms with van der Waals surface area (Å²) in [5.74, 6) is 0. The highest BCUT2D eigenvalue weighted by atomic mass is 16.5. The van der Waals surface area contributed by atoms with E-state index in [1.54, 1.807) is 11.0 Å². The maximum Gasteiger partial charge on any atom is 0.138 e. The summed E-state index contributed by atoms with van der Waals surface area (Å²) in [5, 5.41) is 7.71. The molecule has 2 aromatic rings. The average molecular weight is 272 g/mol. The van der Waals surface area contributed by atoms with E-state index in [9.17, 15) is 0 Å². The highest BCUT2D eigenvalue weighted by molar-refractivity contribution is 5.49. The van der Waals surface area contributed by atoms with Gasteiger partial charge in [-0.1, -0.05) is 0 Å². The fourth-order valence-electron chi connectivity index (χ4n) is 2.81. The first-order chi connectivity index (χ1) is 9.70. The molecule has 1 aliphatic heterocycles. The summed E-state index contributed by atoms with van der Waals surface area (Å²) >= 11 is 0. The van der Waals surface area contributed by atoms with Crippen LogP contribution in [0.4, 0.5) is 5.69 Å². The van der Waals surface area contributed by atoms with Crippen molar-refractivity contribution in [3.8, 4) is 5.69 Å². The lowest BCUT2D eigenvalue weighted by atomic mass is 9.99. The van der Waals surface area contributed by atoms with Crippen molar-refractivity contribution >= 4 is 5.69 Å². The standard InChI is InChI=1S/C15H20N4O/c1-11-7-14(8-12(2)20-11)18-13-3-5-15(6-4-13)19-10-16-9-17-19/h3-6,9-12,14,18H,7-8H2,1-2H3. The van der Waals surface area contributed by atoms with Gasteiger partial charge in [0.25, 0.3) is 0 Å². The van der Waals surface area contributed by atoms with E-state index >= 15 is 0 Å². The van der Waals surface area contributed by atoms with Crippen LogP contribution < -0.4 is 5.32 Å². The summed E-state index contributed by atoms with van der Waals surface area (Å²) in [6, 6.07) is 8.74. The molecular formula is C15H20N4O. The number of hydrogen-bond acceptors (Lipinski definition) is 4. The third-order valence-corrected chi connectivity index (χ3v) is 3.62. The third-order valence-electron chi connectivity index (χ3n) is 3.62. The summed E-state index contributed by atoms with van der Waals surface area (Å²) in [5.41, 5.74) is 2.15. The van der Waals surface area contributed by atoms with Crippen LogP contribution in [0, 0.1) is 0 Å². The van der Waals surface area contributed by atoms with Crippen LogP contribution in [0.5, 0.6) is 0 Å². The highest BCUT2D eigenvalue weighted by Crippen LogP contribution is 2.23. The van der Waals surface area contributed by atoms with Crippen molar-refractivity contribution in [2.45, 2.75) is 44.9 Å². The van der Waals surface area contributed by atoms with E-state index in [0.29, 0.717) is 18.2 Å². The second-order valence-corrected chi connectivity index (χ2v) is 5.46. The molecular weight excluding hydrogens is 252 g/mol. The van der Waals surface area contributed by atoms with Gasteiger partial charge in [0, 0.05) is 11.7 Å². The number of hydrogen-bond donors (Lipinski definition) is 1. The number of rotatable bonds is 3. The summed E-state index contributed by atoms with van der Waals surface area (Å²) in [4.78, 5) is 3.95. The molecule has 0 saturated carbocycles. The van der Waals surface area contributed by atoms with Crippen molar-refractivity contribution in [3.05, 3.63) is 36.9 Å². The Labute approximate surface area is 119 Å². The minimum Gasteiger partial charge on any atom is -0.382 e. The van der Waals surface area contributed by atoms with Gasteiger partial charge in [0.05, 0.1) is 17.9 Å². The second kappa shape index (κ2) is 5.63. The average Bonchev–Trinajstić information content (AvgIpc) is 2.92. The Morgan fingerprint density at radius 1 is 1.15 bits per heavy atom. The number of aromatic nitrogens is 3. The summed E-state index contributed by atoms with van der Waals surface area (Å²) in [6.07, 6.45) is 5.99. The molecule has 1 fully saturated rings. The van der Waals surface area contributed by atoms with E-state index in [4.69, 9.17) is 4.74 Å². The molecule has 5 nitrogen and oxygen atoms in total. The molecule has 1 aromatic heterocycles. The number of ether oxygens (including phenoxy) is 1. The molecule has 106 valence electrons. The van der Waals surface area contributed by atoms with Gasteiger partial charge in [-0.25, -0.2) is 9.67 Å². The Morgan fingerprint density at radius 2 is 1.85 bits per heavy atom. The van der Waals surface area contributed by atoms with Gasteiger partial charge in [0.2, 0.25) is 0 Å². The van der Waals surface area contributed by atoms with Gasteiger partial charge in [0.1, 0.15) is 12.7 Å². The van der Waals surface area contributed by atoms with Crippen LogP contribution in [0.3, 0.4) is 0 Å². The first kappa shape index (κ1) is 13.1. The zero-order chi connectivity index (χ0) is 13.9. The maximum atomic E-state index is 5.76. The van der Waals surface area contributed by atoms with Crippen molar-refractivity contribution in [3.63, 3.8) is 0 Å². The fourth-order valence-corrected chi connectivity index (χ4v) is 2.81. The number of nitrogens with zero attached hydrogens (tertiary/aromatic N) is 3. The second-order valence-electron chi connectivity index (χ2n) is 5.46. The molecule has 0 aliphatic carbocycles. The molecule has 1 saturated heterocycles. The summed E-state index contributed by atoms with van der Waals surface area (Å²) in [7, 11) is 0. The molecule has 2 heterocycles. The van der Waals surface area contributed by atoms with Crippen LogP contribution in [0.2, 0.25) is 0 Å². The predicted molar refractivity (Wildman–Crippen MR) is 78.0 cm³/mol.